The van der Waals surface area contributed by atoms with E-state index in [0.29, 0.717) is 11.6 Å². The predicted molar refractivity (Wildman–Crippen MR) is 100 cm³/mol. The minimum atomic E-state index is -3.71. The number of amides is 1. The Balaban J connectivity index is 2.20. The maximum atomic E-state index is 12.7. The molecule has 0 saturated heterocycles. The number of hydrogen-bond donors (Lipinski definition) is 0. The predicted octanol–water partition coefficient (Wildman–Crippen LogP) is 3.94. The fourth-order valence-electron chi connectivity index (χ4n) is 2.46. The number of benzene rings is 2. The van der Waals surface area contributed by atoms with Crippen molar-refractivity contribution in [1.29, 1.82) is 0 Å². The average Bonchev–Trinajstić information content (AvgIpc) is 2.59. The molecule has 134 valence electrons. The molecule has 25 heavy (non-hydrogen) atoms. The standard InChI is InChI=1S/C19H22ClNO3S/c1-3-15(2)21(13-16-7-5-4-6-8-16)19(22)14-25(23,24)18-11-9-17(20)10-12-18/h4-12,15H,3,13-14H2,1-2H3. The Morgan fingerprint density at radius 2 is 1.68 bits per heavy atom. The van der Waals surface area contributed by atoms with Gasteiger partial charge in [0.05, 0.1) is 4.90 Å². The number of carbonyl (C=O) groups is 1. The molecule has 4 nitrogen and oxygen atoms in total. The minimum absolute atomic E-state index is 0.0480. The number of hydrogen-bond acceptors (Lipinski definition) is 3. The summed E-state index contributed by atoms with van der Waals surface area (Å²) in [4.78, 5) is 14.5. The van der Waals surface area contributed by atoms with Crippen LogP contribution in [-0.4, -0.2) is 31.0 Å². The summed E-state index contributed by atoms with van der Waals surface area (Å²) in [5, 5.41) is 0.454. The van der Waals surface area contributed by atoms with Crippen molar-refractivity contribution in [1.82, 2.24) is 4.90 Å². The Hall–Kier alpha value is -1.85. The lowest BCUT2D eigenvalue weighted by atomic mass is 10.1. The Bertz CT molecular complexity index is 804. The first-order valence-corrected chi connectivity index (χ1v) is 10.2. The van der Waals surface area contributed by atoms with Gasteiger partial charge in [0.1, 0.15) is 5.75 Å². The van der Waals surface area contributed by atoms with Crippen LogP contribution in [0.1, 0.15) is 25.8 Å². The monoisotopic (exact) mass is 379 g/mol. The topological polar surface area (TPSA) is 54.5 Å². The van der Waals surface area contributed by atoms with Crippen LogP contribution in [0.3, 0.4) is 0 Å². The SMILES string of the molecule is CCC(C)N(Cc1ccccc1)C(=O)CS(=O)(=O)c1ccc(Cl)cc1. The Labute approximate surface area is 154 Å². The average molecular weight is 380 g/mol. The van der Waals surface area contributed by atoms with Gasteiger partial charge in [-0.2, -0.15) is 0 Å². The second-order valence-corrected chi connectivity index (χ2v) is 8.40. The summed E-state index contributed by atoms with van der Waals surface area (Å²) in [6.07, 6.45) is 0.750. The van der Waals surface area contributed by atoms with Crippen molar-refractivity contribution in [3.63, 3.8) is 0 Å². The van der Waals surface area contributed by atoms with Gasteiger partial charge in [-0.05, 0) is 43.2 Å². The molecule has 2 aromatic rings. The van der Waals surface area contributed by atoms with Crippen molar-refractivity contribution >= 4 is 27.3 Å². The Kier molecular flexibility index (Phi) is 6.62. The number of sulfone groups is 1. The Morgan fingerprint density at radius 1 is 1.08 bits per heavy atom. The van der Waals surface area contributed by atoms with Crippen LogP contribution in [0.5, 0.6) is 0 Å². The lowest BCUT2D eigenvalue weighted by molar-refractivity contribution is -0.131. The molecule has 0 N–H and O–H groups in total. The van der Waals surface area contributed by atoms with E-state index in [4.69, 9.17) is 11.6 Å². The van der Waals surface area contributed by atoms with Gasteiger partial charge >= 0.3 is 0 Å². The van der Waals surface area contributed by atoms with E-state index in [1.165, 1.54) is 24.3 Å². The Morgan fingerprint density at radius 3 is 2.24 bits per heavy atom. The minimum Gasteiger partial charge on any atom is -0.335 e. The maximum absolute atomic E-state index is 12.7. The van der Waals surface area contributed by atoms with E-state index < -0.39 is 21.5 Å². The smallest absolute Gasteiger partial charge is 0.238 e. The molecule has 2 aromatic carbocycles. The van der Waals surface area contributed by atoms with E-state index >= 15 is 0 Å². The van der Waals surface area contributed by atoms with Gasteiger partial charge in [0, 0.05) is 17.6 Å². The van der Waals surface area contributed by atoms with Gasteiger partial charge < -0.3 is 4.90 Å². The second kappa shape index (κ2) is 8.50. The largest absolute Gasteiger partial charge is 0.335 e. The van der Waals surface area contributed by atoms with E-state index in [9.17, 15) is 13.2 Å². The summed E-state index contributed by atoms with van der Waals surface area (Å²) in [6.45, 7) is 4.30. The summed E-state index contributed by atoms with van der Waals surface area (Å²) >= 11 is 5.80. The van der Waals surface area contributed by atoms with Crippen LogP contribution in [0.4, 0.5) is 0 Å². The van der Waals surface area contributed by atoms with E-state index in [1.807, 2.05) is 44.2 Å². The fourth-order valence-corrected chi connectivity index (χ4v) is 3.80. The molecule has 2 rings (SSSR count). The highest BCUT2D eigenvalue weighted by Crippen LogP contribution is 2.18. The van der Waals surface area contributed by atoms with Gasteiger partial charge in [-0.25, -0.2) is 8.42 Å². The van der Waals surface area contributed by atoms with Gasteiger partial charge in [-0.3, -0.25) is 4.79 Å². The number of rotatable bonds is 7. The third-order valence-corrected chi connectivity index (χ3v) is 5.99. The molecule has 1 atom stereocenters. The number of nitrogens with zero attached hydrogens (tertiary/aromatic N) is 1. The van der Waals surface area contributed by atoms with Crippen LogP contribution in [-0.2, 0) is 21.2 Å². The van der Waals surface area contributed by atoms with Crippen LogP contribution in [0.25, 0.3) is 0 Å². The van der Waals surface area contributed by atoms with E-state index in [-0.39, 0.29) is 10.9 Å². The van der Waals surface area contributed by atoms with Crippen molar-refractivity contribution in [3.8, 4) is 0 Å². The molecule has 0 fully saturated rings. The first-order valence-electron chi connectivity index (χ1n) is 8.15. The molecule has 0 heterocycles. The third kappa shape index (κ3) is 5.31. The summed E-state index contributed by atoms with van der Waals surface area (Å²) in [5.41, 5.74) is 0.972. The molecule has 1 unspecified atom stereocenters. The molecular formula is C19H22ClNO3S. The molecule has 0 spiro atoms. The third-order valence-electron chi connectivity index (χ3n) is 4.13. The van der Waals surface area contributed by atoms with E-state index in [1.54, 1.807) is 4.90 Å². The van der Waals surface area contributed by atoms with Crippen LogP contribution in [0.2, 0.25) is 5.02 Å². The van der Waals surface area contributed by atoms with E-state index in [0.717, 1.165) is 12.0 Å². The summed E-state index contributed by atoms with van der Waals surface area (Å²) in [7, 11) is -3.71. The highest BCUT2D eigenvalue weighted by atomic mass is 35.5. The van der Waals surface area contributed by atoms with Crippen molar-refractivity contribution in [3.05, 3.63) is 65.2 Å². The zero-order valence-corrected chi connectivity index (χ0v) is 15.9. The molecule has 6 heteroatoms. The van der Waals surface area contributed by atoms with Crippen molar-refractivity contribution < 1.29 is 13.2 Å². The molecule has 0 aliphatic rings. The lowest BCUT2D eigenvalue weighted by Gasteiger charge is -2.28. The van der Waals surface area contributed by atoms with Crippen LogP contribution >= 0.6 is 11.6 Å². The summed E-state index contributed by atoms with van der Waals surface area (Å²) in [6, 6.07) is 15.4. The highest BCUT2D eigenvalue weighted by Gasteiger charge is 2.26. The van der Waals surface area contributed by atoms with E-state index in [2.05, 4.69) is 0 Å². The molecular weight excluding hydrogens is 358 g/mol. The zero-order chi connectivity index (χ0) is 18.4. The van der Waals surface area contributed by atoms with Gasteiger partial charge in [0.25, 0.3) is 0 Å². The van der Waals surface area contributed by atoms with Crippen molar-refractivity contribution in [2.24, 2.45) is 0 Å². The molecule has 0 aromatic heterocycles. The van der Waals surface area contributed by atoms with Crippen LogP contribution in [0.15, 0.2) is 59.5 Å². The van der Waals surface area contributed by atoms with Gasteiger partial charge in [0.2, 0.25) is 5.91 Å². The highest BCUT2D eigenvalue weighted by molar-refractivity contribution is 7.92. The summed E-state index contributed by atoms with van der Waals surface area (Å²) < 4.78 is 25.1. The zero-order valence-electron chi connectivity index (χ0n) is 14.4. The van der Waals surface area contributed by atoms with Crippen LogP contribution < -0.4 is 0 Å². The first kappa shape index (κ1) is 19.5. The van der Waals surface area contributed by atoms with Crippen molar-refractivity contribution in [2.75, 3.05) is 5.75 Å². The number of halogens is 1. The molecule has 0 radical (unpaired) electrons. The molecule has 0 bridgehead atoms. The van der Waals surface area contributed by atoms with Crippen LogP contribution in [0, 0.1) is 0 Å². The van der Waals surface area contributed by atoms with Crippen molar-refractivity contribution in [2.45, 2.75) is 37.8 Å². The first-order chi connectivity index (χ1) is 11.8. The lowest BCUT2D eigenvalue weighted by Crippen LogP contribution is -2.41. The molecule has 0 saturated carbocycles. The van der Waals surface area contributed by atoms with Gasteiger partial charge in [0.15, 0.2) is 9.84 Å². The molecule has 0 aliphatic heterocycles. The quantitative estimate of drug-likeness (QED) is 0.732. The number of carbonyl (C=O) groups excluding carboxylic acids is 1. The molecule has 0 aliphatic carbocycles. The van der Waals surface area contributed by atoms with Gasteiger partial charge in [-0.15, -0.1) is 0 Å². The maximum Gasteiger partial charge on any atom is 0.238 e. The van der Waals surface area contributed by atoms with Gasteiger partial charge in [-0.1, -0.05) is 48.9 Å². The normalized spacial score (nSPS) is 12.6. The second-order valence-electron chi connectivity index (χ2n) is 5.98. The fraction of sp³-hybridized carbons (Fsp3) is 0.316. The molecule has 1 amide bonds. The summed E-state index contributed by atoms with van der Waals surface area (Å²) in [5.74, 6) is -0.945.